The first-order valence-corrected chi connectivity index (χ1v) is 7.65. The SMILES string of the molecule is CC(C)=NOC(=O)c1cccnc1C1=NC(C)(C(C)(C)C)C(=O)N1. The zero-order chi connectivity index (χ0) is 18.1. The molecule has 2 heterocycles. The maximum atomic E-state index is 12.4. The number of aliphatic imine (C=N–C) groups is 1. The zero-order valence-corrected chi connectivity index (χ0v) is 14.8. The van der Waals surface area contributed by atoms with Gasteiger partial charge in [0.05, 0.1) is 11.3 Å². The Labute approximate surface area is 141 Å². The fraction of sp³-hybridized carbons (Fsp3) is 0.471. The highest BCUT2D eigenvalue weighted by atomic mass is 16.7. The van der Waals surface area contributed by atoms with Crippen LogP contribution in [0, 0.1) is 5.41 Å². The van der Waals surface area contributed by atoms with Gasteiger partial charge in [-0.2, -0.15) is 0 Å². The number of aromatic nitrogens is 1. The third-order valence-electron chi connectivity index (χ3n) is 4.03. The molecule has 128 valence electrons. The standard InChI is InChI=1S/C17H22N4O3/c1-10(2)21-24-14(22)11-8-7-9-18-12(11)13-19-15(23)17(6,20-13)16(3,4)5/h7-9H,1-6H3,(H,19,20,23). The summed E-state index contributed by atoms with van der Waals surface area (Å²) in [4.78, 5) is 38.3. The van der Waals surface area contributed by atoms with Gasteiger partial charge < -0.3 is 10.2 Å². The number of nitrogens with one attached hydrogen (secondary N) is 1. The average molecular weight is 330 g/mol. The molecule has 1 aromatic rings. The first-order valence-electron chi connectivity index (χ1n) is 7.65. The summed E-state index contributed by atoms with van der Waals surface area (Å²) in [6.07, 6.45) is 1.53. The van der Waals surface area contributed by atoms with Gasteiger partial charge in [0.15, 0.2) is 5.84 Å². The van der Waals surface area contributed by atoms with Crippen LogP contribution in [0.5, 0.6) is 0 Å². The van der Waals surface area contributed by atoms with Crippen molar-refractivity contribution >= 4 is 23.4 Å². The Morgan fingerprint density at radius 3 is 2.54 bits per heavy atom. The summed E-state index contributed by atoms with van der Waals surface area (Å²) in [5.74, 6) is -0.611. The van der Waals surface area contributed by atoms with Crippen LogP contribution in [0.4, 0.5) is 0 Å². The molecule has 1 unspecified atom stereocenters. The van der Waals surface area contributed by atoms with Gasteiger partial charge >= 0.3 is 5.97 Å². The lowest BCUT2D eigenvalue weighted by Gasteiger charge is -2.32. The van der Waals surface area contributed by atoms with E-state index in [1.165, 1.54) is 6.20 Å². The minimum atomic E-state index is -0.945. The third kappa shape index (κ3) is 3.20. The normalized spacial score (nSPS) is 20.2. The van der Waals surface area contributed by atoms with Crippen LogP contribution in [-0.2, 0) is 9.63 Å². The van der Waals surface area contributed by atoms with Gasteiger partial charge in [-0.25, -0.2) is 9.79 Å². The summed E-state index contributed by atoms with van der Waals surface area (Å²) >= 11 is 0. The highest BCUT2D eigenvalue weighted by molar-refractivity contribution is 6.17. The number of amidine groups is 1. The number of pyridine rings is 1. The van der Waals surface area contributed by atoms with Crippen molar-refractivity contribution in [2.45, 2.75) is 47.1 Å². The Bertz CT molecular complexity index is 742. The number of nitrogens with zero attached hydrogens (tertiary/aromatic N) is 3. The number of carbonyl (C=O) groups is 2. The van der Waals surface area contributed by atoms with E-state index in [1.54, 1.807) is 32.9 Å². The Morgan fingerprint density at radius 2 is 2.00 bits per heavy atom. The van der Waals surface area contributed by atoms with Gasteiger partial charge in [0.1, 0.15) is 11.2 Å². The molecule has 1 aliphatic heterocycles. The van der Waals surface area contributed by atoms with Gasteiger partial charge in [0.2, 0.25) is 0 Å². The van der Waals surface area contributed by atoms with Crippen LogP contribution in [0.2, 0.25) is 0 Å². The summed E-state index contributed by atoms with van der Waals surface area (Å²) in [5, 5.41) is 6.40. The lowest BCUT2D eigenvalue weighted by atomic mass is 9.75. The minimum Gasteiger partial charge on any atom is -0.313 e. The minimum absolute atomic E-state index is 0.194. The van der Waals surface area contributed by atoms with Crippen LogP contribution in [0.1, 0.15) is 57.6 Å². The maximum Gasteiger partial charge on any atom is 0.368 e. The first-order chi connectivity index (χ1) is 11.1. The molecule has 1 aliphatic rings. The van der Waals surface area contributed by atoms with Crippen molar-refractivity contribution in [2.75, 3.05) is 0 Å². The van der Waals surface area contributed by atoms with Gasteiger partial charge in [0, 0.05) is 6.20 Å². The van der Waals surface area contributed by atoms with Crippen LogP contribution >= 0.6 is 0 Å². The van der Waals surface area contributed by atoms with Gasteiger partial charge in [-0.05, 0) is 38.3 Å². The Hall–Kier alpha value is -2.57. The summed E-state index contributed by atoms with van der Waals surface area (Å²) in [7, 11) is 0. The summed E-state index contributed by atoms with van der Waals surface area (Å²) in [5.41, 5.74) is -0.259. The van der Waals surface area contributed by atoms with E-state index in [9.17, 15) is 9.59 Å². The molecule has 7 nitrogen and oxygen atoms in total. The molecule has 0 fully saturated rings. The van der Waals surface area contributed by atoms with E-state index in [0.717, 1.165) is 0 Å². The van der Waals surface area contributed by atoms with E-state index >= 15 is 0 Å². The van der Waals surface area contributed by atoms with Crippen molar-refractivity contribution in [3.05, 3.63) is 29.6 Å². The molecule has 0 spiro atoms. The van der Waals surface area contributed by atoms with Gasteiger partial charge in [0.25, 0.3) is 5.91 Å². The number of hydrogen-bond donors (Lipinski definition) is 1. The van der Waals surface area contributed by atoms with Crippen molar-refractivity contribution in [2.24, 2.45) is 15.6 Å². The molecule has 0 bridgehead atoms. The topological polar surface area (TPSA) is 93.0 Å². The number of oxime groups is 1. The predicted octanol–water partition coefficient (Wildman–Crippen LogP) is 2.32. The quantitative estimate of drug-likeness (QED) is 0.523. The second-order valence-corrected chi connectivity index (χ2v) is 7.05. The van der Waals surface area contributed by atoms with Crippen LogP contribution in [0.3, 0.4) is 0 Å². The van der Waals surface area contributed by atoms with E-state index in [2.05, 4.69) is 20.4 Å². The van der Waals surface area contributed by atoms with Gasteiger partial charge in [-0.3, -0.25) is 9.78 Å². The monoisotopic (exact) mass is 330 g/mol. The maximum absolute atomic E-state index is 12.4. The fourth-order valence-electron chi connectivity index (χ4n) is 2.09. The van der Waals surface area contributed by atoms with E-state index in [4.69, 9.17) is 4.84 Å². The Kier molecular flexibility index (Phi) is 4.55. The highest BCUT2D eigenvalue weighted by Crippen LogP contribution is 2.36. The second-order valence-electron chi connectivity index (χ2n) is 7.05. The van der Waals surface area contributed by atoms with Gasteiger partial charge in [-0.15, -0.1) is 0 Å². The molecule has 1 N–H and O–H groups in total. The number of hydrogen-bond acceptors (Lipinski definition) is 6. The largest absolute Gasteiger partial charge is 0.368 e. The molecule has 2 rings (SSSR count). The zero-order valence-electron chi connectivity index (χ0n) is 14.8. The van der Waals surface area contributed by atoms with Crippen molar-refractivity contribution in [1.82, 2.24) is 10.3 Å². The summed E-state index contributed by atoms with van der Waals surface area (Å²) < 4.78 is 0. The highest BCUT2D eigenvalue weighted by Gasteiger charge is 2.49. The summed E-state index contributed by atoms with van der Waals surface area (Å²) in [6.45, 7) is 11.0. The molecule has 0 aromatic carbocycles. The summed E-state index contributed by atoms with van der Waals surface area (Å²) in [6, 6.07) is 3.18. The molecule has 0 radical (unpaired) electrons. The lowest BCUT2D eigenvalue weighted by molar-refractivity contribution is -0.126. The van der Waals surface area contributed by atoms with Crippen molar-refractivity contribution in [3.63, 3.8) is 0 Å². The molecule has 24 heavy (non-hydrogen) atoms. The molecule has 1 atom stereocenters. The molecular weight excluding hydrogens is 308 g/mol. The van der Waals surface area contributed by atoms with Crippen LogP contribution in [-0.4, -0.2) is 33.9 Å². The fourth-order valence-corrected chi connectivity index (χ4v) is 2.09. The molecule has 0 aliphatic carbocycles. The van der Waals surface area contributed by atoms with Crippen LogP contribution in [0.15, 0.2) is 28.5 Å². The van der Waals surface area contributed by atoms with E-state index in [1.807, 2.05) is 20.8 Å². The Balaban J connectivity index is 2.45. The van der Waals surface area contributed by atoms with E-state index < -0.39 is 16.9 Å². The molecule has 0 saturated heterocycles. The molecule has 7 heteroatoms. The lowest BCUT2D eigenvalue weighted by Crippen LogP contribution is -2.47. The Morgan fingerprint density at radius 1 is 1.33 bits per heavy atom. The first kappa shape index (κ1) is 17.8. The van der Waals surface area contributed by atoms with Crippen LogP contribution in [0.25, 0.3) is 0 Å². The molecular formula is C17H22N4O3. The molecule has 0 saturated carbocycles. The molecule has 1 amide bonds. The molecule has 1 aromatic heterocycles. The smallest absolute Gasteiger partial charge is 0.313 e. The van der Waals surface area contributed by atoms with Crippen molar-refractivity contribution in [1.29, 1.82) is 0 Å². The number of carbonyl (C=O) groups excluding carboxylic acids is 2. The number of rotatable bonds is 3. The van der Waals surface area contributed by atoms with E-state index in [-0.39, 0.29) is 23.0 Å². The van der Waals surface area contributed by atoms with E-state index in [0.29, 0.717) is 5.71 Å². The van der Waals surface area contributed by atoms with Crippen molar-refractivity contribution < 1.29 is 14.4 Å². The van der Waals surface area contributed by atoms with Crippen LogP contribution < -0.4 is 5.32 Å². The van der Waals surface area contributed by atoms with Crippen molar-refractivity contribution in [3.8, 4) is 0 Å². The number of amides is 1. The van der Waals surface area contributed by atoms with Gasteiger partial charge in [-0.1, -0.05) is 25.9 Å². The predicted molar refractivity (Wildman–Crippen MR) is 91.0 cm³/mol. The second kappa shape index (κ2) is 6.14. The average Bonchev–Trinajstić information content (AvgIpc) is 2.81. The third-order valence-corrected chi connectivity index (χ3v) is 4.03.